The largest absolute Gasteiger partial charge is 0.452 e. The molecule has 0 aromatic rings. The van der Waals surface area contributed by atoms with Gasteiger partial charge in [0.05, 0.1) is 0 Å². The smallest absolute Gasteiger partial charge is 0.294 e. The molecule has 1 atom stereocenters. The van der Waals surface area contributed by atoms with Gasteiger partial charge in [0, 0.05) is 18.6 Å². The standard InChI is InChI=1S/C13H26N2O2/c1-11(2)15(9-17-10-16)8-5-12-13(3,4)6-7-14-12/h10-12,14H,5-9H2,1-4H3. The number of hydrogen-bond donors (Lipinski definition) is 1. The van der Waals surface area contributed by atoms with Gasteiger partial charge in [0.1, 0.15) is 6.73 Å². The maximum Gasteiger partial charge on any atom is 0.294 e. The van der Waals surface area contributed by atoms with E-state index in [2.05, 4.69) is 37.9 Å². The summed E-state index contributed by atoms with van der Waals surface area (Å²) in [6, 6.07) is 0.972. The molecule has 1 aliphatic rings. The van der Waals surface area contributed by atoms with Gasteiger partial charge in [-0.15, -0.1) is 0 Å². The molecule has 17 heavy (non-hydrogen) atoms. The Morgan fingerprint density at radius 2 is 2.24 bits per heavy atom. The first-order valence-corrected chi connectivity index (χ1v) is 6.50. The van der Waals surface area contributed by atoms with E-state index < -0.39 is 0 Å². The lowest BCUT2D eigenvalue weighted by Crippen LogP contribution is -2.40. The van der Waals surface area contributed by atoms with E-state index in [1.807, 2.05) is 0 Å². The molecule has 0 aromatic heterocycles. The molecule has 1 unspecified atom stereocenters. The van der Waals surface area contributed by atoms with Crippen LogP contribution in [0.4, 0.5) is 0 Å². The summed E-state index contributed by atoms with van der Waals surface area (Å²) in [5.41, 5.74) is 0.383. The maximum absolute atomic E-state index is 10.2. The lowest BCUT2D eigenvalue weighted by molar-refractivity contribution is -0.134. The fraction of sp³-hybridized carbons (Fsp3) is 0.923. The molecule has 1 aliphatic heterocycles. The highest BCUT2D eigenvalue weighted by Gasteiger charge is 2.33. The van der Waals surface area contributed by atoms with Crippen molar-refractivity contribution in [3.05, 3.63) is 0 Å². The first-order chi connectivity index (χ1) is 7.97. The Morgan fingerprint density at radius 3 is 2.71 bits per heavy atom. The summed E-state index contributed by atoms with van der Waals surface area (Å²) in [4.78, 5) is 12.4. The molecule has 0 aromatic carbocycles. The Bertz CT molecular complexity index is 242. The van der Waals surface area contributed by atoms with Crippen LogP contribution < -0.4 is 5.32 Å². The van der Waals surface area contributed by atoms with Crippen molar-refractivity contribution in [2.45, 2.75) is 52.6 Å². The van der Waals surface area contributed by atoms with Crippen LogP contribution in [0.5, 0.6) is 0 Å². The predicted octanol–water partition coefficient (Wildman–Crippen LogP) is 1.61. The van der Waals surface area contributed by atoms with Crippen LogP contribution in [0.3, 0.4) is 0 Å². The summed E-state index contributed by atoms with van der Waals surface area (Å²) in [6.45, 7) is 11.9. The zero-order valence-corrected chi connectivity index (χ0v) is 11.5. The molecule has 0 saturated carbocycles. The Balaban J connectivity index is 2.38. The van der Waals surface area contributed by atoms with Gasteiger partial charge >= 0.3 is 0 Å². The summed E-state index contributed by atoms with van der Waals surface area (Å²) < 4.78 is 4.85. The van der Waals surface area contributed by atoms with Crippen molar-refractivity contribution < 1.29 is 9.53 Å². The van der Waals surface area contributed by atoms with Crippen molar-refractivity contribution in [2.75, 3.05) is 19.8 Å². The molecular formula is C13H26N2O2. The minimum Gasteiger partial charge on any atom is -0.452 e. The van der Waals surface area contributed by atoms with E-state index in [0.717, 1.165) is 19.5 Å². The van der Waals surface area contributed by atoms with Crippen molar-refractivity contribution in [3.8, 4) is 0 Å². The van der Waals surface area contributed by atoms with Crippen molar-refractivity contribution in [1.29, 1.82) is 0 Å². The highest BCUT2D eigenvalue weighted by Crippen LogP contribution is 2.31. The molecule has 4 nitrogen and oxygen atoms in total. The van der Waals surface area contributed by atoms with Crippen LogP contribution in [0, 0.1) is 5.41 Å². The molecule has 1 rings (SSSR count). The van der Waals surface area contributed by atoms with Crippen molar-refractivity contribution >= 4 is 6.47 Å². The number of hydrogen-bond acceptors (Lipinski definition) is 4. The van der Waals surface area contributed by atoms with Crippen molar-refractivity contribution in [2.24, 2.45) is 5.41 Å². The topological polar surface area (TPSA) is 41.6 Å². The maximum atomic E-state index is 10.2. The number of rotatable bonds is 7. The van der Waals surface area contributed by atoms with Gasteiger partial charge in [0.15, 0.2) is 0 Å². The van der Waals surface area contributed by atoms with Gasteiger partial charge in [0.2, 0.25) is 0 Å². The molecule has 1 N–H and O–H groups in total. The Morgan fingerprint density at radius 1 is 1.53 bits per heavy atom. The zero-order valence-electron chi connectivity index (χ0n) is 11.5. The molecule has 0 aliphatic carbocycles. The van der Waals surface area contributed by atoms with E-state index in [0.29, 0.717) is 30.7 Å². The van der Waals surface area contributed by atoms with Crippen LogP contribution in [0.15, 0.2) is 0 Å². The number of carbonyl (C=O) groups is 1. The summed E-state index contributed by atoms with van der Waals surface area (Å²) in [5.74, 6) is 0. The van der Waals surface area contributed by atoms with E-state index in [-0.39, 0.29) is 0 Å². The van der Waals surface area contributed by atoms with Gasteiger partial charge in [-0.2, -0.15) is 0 Å². The lowest BCUT2D eigenvalue weighted by atomic mass is 9.83. The summed E-state index contributed by atoms with van der Waals surface area (Å²) in [7, 11) is 0. The molecule has 1 fully saturated rings. The van der Waals surface area contributed by atoms with E-state index in [9.17, 15) is 4.79 Å². The van der Waals surface area contributed by atoms with Crippen LogP contribution in [0.2, 0.25) is 0 Å². The van der Waals surface area contributed by atoms with E-state index >= 15 is 0 Å². The molecule has 0 amide bonds. The van der Waals surface area contributed by atoms with Crippen LogP contribution in [0.25, 0.3) is 0 Å². The van der Waals surface area contributed by atoms with E-state index in [1.165, 1.54) is 6.42 Å². The second kappa shape index (κ2) is 6.36. The van der Waals surface area contributed by atoms with Gasteiger partial charge in [-0.3, -0.25) is 9.69 Å². The van der Waals surface area contributed by atoms with Crippen molar-refractivity contribution in [3.63, 3.8) is 0 Å². The highest BCUT2D eigenvalue weighted by atomic mass is 16.5. The third-order valence-electron chi connectivity index (χ3n) is 3.85. The van der Waals surface area contributed by atoms with Gasteiger partial charge < -0.3 is 10.1 Å². The fourth-order valence-electron chi connectivity index (χ4n) is 2.40. The van der Waals surface area contributed by atoms with E-state index in [4.69, 9.17) is 4.74 Å². The number of carbonyl (C=O) groups excluding carboxylic acids is 1. The quantitative estimate of drug-likeness (QED) is 0.544. The second-order valence-electron chi connectivity index (χ2n) is 5.83. The number of nitrogens with one attached hydrogen (secondary N) is 1. The first kappa shape index (κ1) is 14.5. The molecule has 1 heterocycles. The SMILES string of the molecule is CC(C)N(CCC1NCCC1(C)C)COC=O. The van der Waals surface area contributed by atoms with Gasteiger partial charge in [0.25, 0.3) is 6.47 Å². The minimum absolute atomic E-state index is 0.383. The average Bonchev–Trinajstić information content (AvgIpc) is 2.57. The third-order valence-corrected chi connectivity index (χ3v) is 3.85. The minimum atomic E-state index is 0.383. The summed E-state index contributed by atoms with van der Waals surface area (Å²) in [6.07, 6.45) is 2.34. The average molecular weight is 242 g/mol. The Hall–Kier alpha value is -0.610. The van der Waals surface area contributed by atoms with Gasteiger partial charge in [-0.05, 0) is 38.6 Å². The van der Waals surface area contributed by atoms with Crippen LogP contribution in [-0.2, 0) is 9.53 Å². The number of ether oxygens (including phenoxy) is 1. The molecule has 4 heteroatoms. The summed E-state index contributed by atoms with van der Waals surface area (Å²) >= 11 is 0. The molecule has 0 bridgehead atoms. The second-order valence-corrected chi connectivity index (χ2v) is 5.83. The Kier molecular flexibility index (Phi) is 5.40. The Labute approximate surface area is 105 Å². The van der Waals surface area contributed by atoms with E-state index in [1.54, 1.807) is 0 Å². The third kappa shape index (κ3) is 4.28. The van der Waals surface area contributed by atoms with Gasteiger partial charge in [-0.25, -0.2) is 0 Å². The van der Waals surface area contributed by atoms with Crippen LogP contribution in [-0.4, -0.2) is 43.3 Å². The zero-order chi connectivity index (χ0) is 12.9. The lowest BCUT2D eigenvalue weighted by Gasteiger charge is -2.31. The molecule has 0 spiro atoms. The first-order valence-electron chi connectivity index (χ1n) is 6.50. The molecule has 100 valence electrons. The van der Waals surface area contributed by atoms with Crippen molar-refractivity contribution in [1.82, 2.24) is 10.2 Å². The monoisotopic (exact) mass is 242 g/mol. The summed E-state index contributed by atoms with van der Waals surface area (Å²) in [5, 5.41) is 3.56. The number of nitrogens with zero attached hydrogens (tertiary/aromatic N) is 1. The van der Waals surface area contributed by atoms with Crippen LogP contribution in [0.1, 0.15) is 40.5 Å². The molecule has 0 radical (unpaired) electrons. The molecular weight excluding hydrogens is 216 g/mol. The normalized spacial score (nSPS) is 23.3. The fourth-order valence-corrected chi connectivity index (χ4v) is 2.40. The van der Waals surface area contributed by atoms with Gasteiger partial charge in [-0.1, -0.05) is 13.8 Å². The van der Waals surface area contributed by atoms with Crippen LogP contribution >= 0.6 is 0 Å². The molecule has 1 saturated heterocycles. The highest BCUT2D eigenvalue weighted by molar-refractivity contribution is 5.36. The predicted molar refractivity (Wildman–Crippen MR) is 68.7 cm³/mol.